The SMILES string of the molecule is COc1ccc(C(OC[C@H]2O[C@@H](n3cnc4c(NC(C)=O)ncnc43)[C@H](OC(C)OCCC#N)[C@@H]2OP(OCCC#N)N(C(C)C)C(C)C)(c2ccccc2)c2ccc(OC)cc2)cc1. The van der Waals surface area contributed by atoms with Crippen molar-refractivity contribution < 1.29 is 42.3 Å². The van der Waals surface area contributed by atoms with E-state index in [2.05, 4.69) is 64.8 Å². The molecule has 2 unspecified atom stereocenters. The number of hydrogen-bond donors (Lipinski definition) is 1. The van der Waals surface area contributed by atoms with Gasteiger partial charge in [0.1, 0.15) is 41.7 Å². The Balaban J connectivity index is 1.53. The molecular weight excluding hydrogens is 852 g/mol. The Labute approximate surface area is 381 Å². The van der Waals surface area contributed by atoms with Gasteiger partial charge in [-0.05, 0) is 75.6 Å². The first-order valence-corrected chi connectivity index (χ1v) is 22.6. The molecule has 1 amide bonds. The number of carbonyl (C=O) groups excluding carboxylic acids is 1. The Morgan fingerprint density at radius 2 is 1.45 bits per heavy atom. The highest BCUT2D eigenvalue weighted by Gasteiger charge is 2.52. The van der Waals surface area contributed by atoms with Gasteiger partial charge in [0, 0.05) is 19.0 Å². The number of anilines is 1. The summed E-state index contributed by atoms with van der Waals surface area (Å²) in [4.78, 5) is 25.7. The summed E-state index contributed by atoms with van der Waals surface area (Å²) in [6.07, 6.45) is -1.39. The fourth-order valence-corrected chi connectivity index (χ4v) is 9.61. The number of carbonyl (C=O) groups is 1. The first-order chi connectivity index (χ1) is 31.4. The van der Waals surface area contributed by atoms with Crippen LogP contribution in [0.1, 0.15) is 77.3 Å². The van der Waals surface area contributed by atoms with Gasteiger partial charge in [0.25, 0.3) is 8.53 Å². The number of ether oxygens (including phenoxy) is 6. The summed E-state index contributed by atoms with van der Waals surface area (Å²) in [5.41, 5.74) is 1.91. The largest absolute Gasteiger partial charge is 0.497 e. The Morgan fingerprint density at radius 1 is 0.846 bits per heavy atom. The molecule has 1 aliphatic heterocycles. The van der Waals surface area contributed by atoms with Gasteiger partial charge in [-0.3, -0.25) is 9.36 Å². The van der Waals surface area contributed by atoms with Crippen LogP contribution in [-0.4, -0.2) is 101 Å². The molecule has 0 spiro atoms. The van der Waals surface area contributed by atoms with Crippen LogP contribution >= 0.6 is 8.53 Å². The molecule has 0 bridgehead atoms. The maximum absolute atomic E-state index is 12.2. The minimum absolute atomic E-state index is 0.0269. The third-order valence-corrected chi connectivity index (χ3v) is 12.8. The molecule has 18 heteroatoms. The fraction of sp³-hybridized carbons (Fsp3) is 0.447. The van der Waals surface area contributed by atoms with E-state index >= 15 is 0 Å². The van der Waals surface area contributed by atoms with Gasteiger partial charge in [-0.25, -0.2) is 19.6 Å². The molecule has 5 aromatic rings. The number of benzene rings is 3. The normalized spacial score (nSPS) is 18.4. The van der Waals surface area contributed by atoms with Crippen molar-refractivity contribution in [3.05, 3.63) is 108 Å². The fourth-order valence-electron chi connectivity index (χ4n) is 7.85. The highest BCUT2D eigenvalue weighted by atomic mass is 31.2. The van der Waals surface area contributed by atoms with Crippen LogP contribution in [0.2, 0.25) is 0 Å². The van der Waals surface area contributed by atoms with Crippen molar-refractivity contribution in [2.24, 2.45) is 0 Å². The lowest BCUT2D eigenvalue weighted by Crippen LogP contribution is -2.44. The summed E-state index contributed by atoms with van der Waals surface area (Å²) in [5.74, 6) is 1.25. The topological polar surface area (TPSA) is 197 Å². The van der Waals surface area contributed by atoms with Gasteiger partial charge >= 0.3 is 0 Å². The number of methoxy groups -OCH3 is 2. The Hall–Kier alpha value is -5.59. The molecule has 2 aromatic heterocycles. The second kappa shape index (κ2) is 23.0. The van der Waals surface area contributed by atoms with Crippen molar-refractivity contribution in [2.75, 3.05) is 39.4 Å². The first-order valence-electron chi connectivity index (χ1n) is 21.4. The molecule has 0 radical (unpaired) electrons. The molecule has 17 nitrogen and oxygen atoms in total. The summed E-state index contributed by atoms with van der Waals surface area (Å²) < 4.78 is 56.1. The first kappa shape index (κ1) is 48.9. The van der Waals surface area contributed by atoms with Crippen LogP contribution in [0, 0.1) is 22.7 Å². The van der Waals surface area contributed by atoms with Gasteiger partial charge in [0.05, 0.1) is 65.3 Å². The maximum Gasteiger partial charge on any atom is 0.259 e. The van der Waals surface area contributed by atoms with Crippen LogP contribution in [0.4, 0.5) is 5.82 Å². The third-order valence-electron chi connectivity index (χ3n) is 10.6. The second-order valence-electron chi connectivity index (χ2n) is 15.7. The zero-order valence-electron chi connectivity index (χ0n) is 38.0. The molecule has 1 saturated heterocycles. The quantitative estimate of drug-likeness (QED) is 0.0286. The van der Waals surface area contributed by atoms with Crippen molar-refractivity contribution in [2.45, 2.75) is 103 Å². The summed E-state index contributed by atoms with van der Waals surface area (Å²) in [6, 6.07) is 29.6. The summed E-state index contributed by atoms with van der Waals surface area (Å²) in [6.45, 7) is 11.5. The smallest absolute Gasteiger partial charge is 0.259 e. The minimum atomic E-state index is -1.87. The van der Waals surface area contributed by atoms with E-state index < -0.39 is 45.0 Å². The van der Waals surface area contributed by atoms with Gasteiger partial charge in [-0.2, -0.15) is 10.5 Å². The Morgan fingerprint density at radius 3 is 2.02 bits per heavy atom. The number of nitriles is 2. The van der Waals surface area contributed by atoms with Crippen LogP contribution < -0.4 is 14.8 Å². The Kier molecular flexibility index (Phi) is 17.3. The average Bonchev–Trinajstić information content (AvgIpc) is 3.88. The van der Waals surface area contributed by atoms with Crippen molar-refractivity contribution in [1.82, 2.24) is 24.2 Å². The molecular formula is C47H57N8O9P. The predicted octanol–water partition coefficient (Wildman–Crippen LogP) is 8.03. The third kappa shape index (κ3) is 11.4. The number of rotatable bonds is 23. The molecule has 1 fully saturated rings. The molecule has 65 heavy (non-hydrogen) atoms. The number of hydrogen-bond acceptors (Lipinski definition) is 15. The van der Waals surface area contributed by atoms with Crippen LogP contribution in [0.25, 0.3) is 11.2 Å². The van der Waals surface area contributed by atoms with Gasteiger partial charge in [-0.1, -0.05) is 54.6 Å². The molecule has 6 rings (SSSR count). The summed E-state index contributed by atoms with van der Waals surface area (Å²) in [5, 5.41) is 21.6. The van der Waals surface area contributed by atoms with E-state index in [9.17, 15) is 15.3 Å². The maximum atomic E-state index is 12.2. The van der Waals surface area contributed by atoms with E-state index in [0.29, 0.717) is 22.7 Å². The highest BCUT2D eigenvalue weighted by Crippen LogP contribution is 2.52. The monoisotopic (exact) mass is 908 g/mol. The van der Waals surface area contributed by atoms with E-state index in [1.54, 1.807) is 32.0 Å². The van der Waals surface area contributed by atoms with Crippen molar-refractivity contribution in [3.8, 4) is 23.6 Å². The summed E-state index contributed by atoms with van der Waals surface area (Å²) >= 11 is 0. The molecule has 6 atom stereocenters. The summed E-state index contributed by atoms with van der Waals surface area (Å²) in [7, 11) is 1.37. The van der Waals surface area contributed by atoms with Crippen molar-refractivity contribution in [3.63, 3.8) is 0 Å². The number of fused-ring (bicyclic) bond motifs is 1. The lowest BCUT2D eigenvalue weighted by molar-refractivity contribution is -0.190. The zero-order chi connectivity index (χ0) is 46.5. The lowest BCUT2D eigenvalue weighted by atomic mass is 9.80. The van der Waals surface area contributed by atoms with Gasteiger partial charge < -0.3 is 42.8 Å². The minimum Gasteiger partial charge on any atom is -0.497 e. The number of aromatic nitrogens is 4. The van der Waals surface area contributed by atoms with E-state index in [1.807, 2.05) is 78.9 Å². The zero-order valence-corrected chi connectivity index (χ0v) is 38.9. The van der Waals surface area contributed by atoms with Gasteiger partial charge in [0.2, 0.25) is 5.91 Å². The van der Waals surface area contributed by atoms with Crippen molar-refractivity contribution >= 4 is 31.4 Å². The van der Waals surface area contributed by atoms with E-state index in [1.165, 1.54) is 13.3 Å². The van der Waals surface area contributed by atoms with Crippen LogP contribution in [0.15, 0.2) is 91.5 Å². The highest BCUT2D eigenvalue weighted by molar-refractivity contribution is 7.44. The average molecular weight is 909 g/mol. The van der Waals surface area contributed by atoms with E-state index in [0.717, 1.165) is 16.7 Å². The van der Waals surface area contributed by atoms with Gasteiger partial charge in [-0.15, -0.1) is 0 Å². The van der Waals surface area contributed by atoms with Crippen LogP contribution in [0.3, 0.4) is 0 Å². The number of amides is 1. The molecule has 3 aromatic carbocycles. The molecule has 3 heterocycles. The van der Waals surface area contributed by atoms with Crippen LogP contribution in [-0.2, 0) is 38.4 Å². The van der Waals surface area contributed by atoms with Gasteiger partial charge in [0.15, 0.2) is 29.5 Å². The lowest BCUT2D eigenvalue weighted by Gasteiger charge is -2.39. The van der Waals surface area contributed by atoms with Crippen LogP contribution in [0.5, 0.6) is 11.5 Å². The molecule has 1 aliphatic rings. The Bertz CT molecular complexity index is 2320. The predicted molar refractivity (Wildman–Crippen MR) is 242 cm³/mol. The standard InChI is InChI=1S/C47H57N8O9P/c1-31(2)55(32(3)4)65(61-27-13-25-49)64-42-40(63-46(43(42)62-34(6)59-26-12-24-48)54-30-52-41-44(53-33(5)56)50-29-51-45(41)54)28-60-47(35-14-10-9-11-15-35,36-16-20-38(57-7)21-17-36)37-18-22-39(58-8)23-19-37/h9-11,14-23,29-32,34,40,42-43,46H,12-13,26-28H2,1-8H3,(H,50,51,53,56)/t34?,40-,42-,43-,46-,65?/m1/s1. The molecule has 344 valence electrons. The van der Waals surface area contributed by atoms with E-state index in [4.69, 9.17) is 37.5 Å². The molecule has 0 saturated carbocycles. The number of imidazole rings is 1. The van der Waals surface area contributed by atoms with Crippen molar-refractivity contribution in [1.29, 1.82) is 10.5 Å². The number of nitrogens with one attached hydrogen (secondary N) is 1. The number of nitrogens with zero attached hydrogens (tertiary/aromatic N) is 7. The van der Waals surface area contributed by atoms with E-state index in [-0.39, 0.29) is 56.5 Å². The second-order valence-corrected chi connectivity index (χ2v) is 17.1. The molecule has 0 aliphatic carbocycles. The molecule has 1 N–H and O–H groups in total.